The minimum atomic E-state index is -0.382. The Morgan fingerprint density at radius 1 is 1.24 bits per heavy atom. The molecule has 4 rings (SSSR count). The van der Waals surface area contributed by atoms with Crippen molar-refractivity contribution in [2.75, 3.05) is 53.7 Å². The molecule has 3 aliphatic rings. The summed E-state index contributed by atoms with van der Waals surface area (Å²) in [6, 6.07) is 5.97. The van der Waals surface area contributed by atoms with Gasteiger partial charge in [-0.25, -0.2) is 0 Å². The van der Waals surface area contributed by atoms with E-state index in [1.54, 1.807) is 14.2 Å². The van der Waals surface area contributed by atoms with Gasteiger partial charge in [-0.3, -0.25) is 4.79 Å². The van der Waals surface area contributed by atoms with Gasteiger partial charge in [0.1, 0.15) is 12.2 Å². The Morgan fingerprint density at radius 3 is 2.76 bits per heavy atom. The van der Waals surface area contributed by atoms with Gasteiger partial charge in [0.15, 0.2) is 11.5 Å². The summed E-state index contributed by atoms with van der Waals surface area (Å²) in [6.07, 6.45) is 0.951. The van der Waals surface area contributed by atoms with Crippen LogP contribution >= 0.6 is 0 Å². The second-order valence-electron chi connectivity index (χ2n) is 8.92. The third-order valence-electron chi connectivity index (χ3n) is 6.44. The molecule has 0 N–H and O–H groups in total. The molecule has 1 amide bonds. The molecule has 0 bridgehead atoms. The fourth-order valence-corrected chi connectivity index (χ4v) is 4.85. The molecule has 7 nitrogen and oxygen atoms in total. The highest BCUT2D eigenvalue weighted by molar-refractivity contribution is 5.78. The SMILES string of the molecule is COCCOCC(=O)N1CC2(CO[C@@H]3c4cccc(OC)c4OC(C)(C)[C@H]3C2)C1. The summed E-state index contributed by atoms with van der Waals surface area (Å²) >= 11 is 0. The number of para-hydroxylation sites is 1. The van der Waals surface area contributed by atoms with Crippen LogP contribution in [0.15, 0.2) is 18.2 Å². The summed E-state index contributed by atoms with van der Waals surface area (Å²) in [5.74, 6) is 1.77. The normalized spacial score (nSPS) is 26.1. The van der Waals surface area contributed by atoms with Gasteiger partial charge in [-0.05, 0) is 26.3 Å². The lowest BCUT2D eigenvalue weighted by Gasteiger charge is -2.58. The molecule has 2 saturated heterocycles. The second-order valence-corrected chi connectivity index (χ2v) is 8.92. The maximum Gasteiger partial charge on any atom is 0.248 e. The third kappa shape index (κ3) is 3.71. The largest absolute Gasteiger partial charge is 0.493 e. The lowest BCUT2D eigenvalue weighted by atomic mass is 9.64. The quantitative estimate of drug-likeness (QED) is 0.678. The van der Waals surface area contributed by atoms with Crippen LogP contribution in [0.4, 0.5) is 0 Å². The molecule has 0 aromatic heterocycles. The topological polar surface area (TPSA) is 66.5 Å². The van der Waals surface area contributed by atoms with Crippen LogP contribution in [0.2, 0.25) is 0 Å². The van der Waals surface area contributed by atoms with Crippen molar-refractivity contribution in [1.82, 2.24) is 4.90 Å². The van der Waals surface area contributed by atoms with E-state index in [0.29, 0.717) is 32.9 Å². The number of hydrogen-bond donors (Lipinski definition) is 0. The predicted octanol–water partition coefficient (Wildman–Crippen LogP) is 2.44. The second kappa shape index (κ2) is 7.78. The van der Waals surface area contributed by atoms with Crippen molar-refractivity contribution in [2.45, 2.75) is 32.0 Å². The van der Waals surface area contributed by atoms with Gasteiger partial charge in [0.25, 0.3) is 0 Å². The van der Waals surface area contributed by atoms with E-state index < -0.39 is 0 Å². The Hall–Kier alpha value is -1.83. The van der Waals surface area contributed by atoms with Crippen molar-refractivity contribution in [3.8, 4) is 11.5 Å². The maximum absolute atomic E-state index is 12.3. The van der Waals surface area contributed by atoms with Gasteiger partial charge in [-0.1, -0.05) is 12.1 Å². The van der Waals surface area contributed by atoms with Crippen molar-refractivity contribution in [3.63, 3.8) is 0 Å². The first kappa shape index (κ1) is 20.4. The number of benzene rings is 1. The molecular weight excluding hydrogens is 374 g/mol. The molecule has 1 spiro atoms. The first-order valence-corrected chi connectivity index (χ1v) is 10.2. The molecule has 0 aliphatic carbocycles. The lowest BCUT2D eigenvalue weighted by Crippen LogP contribution is -2.65. The predicted molar refractivity (Wildman–Crippen MR) is 106 cm³/mol. The molecule has 7 heteroatoms. The minimum absolute atomic E-state index is 0.000353. The van der Waals surface area contributed by atoms with Crippen molar-refractivity contribution < 1.29 is 28.5 Å². The average molecular weight is 405 g/mol. The standard InChI is InChI=1S/C22H31NO6/c1-21(2)16-10-22(12-23(13-22)18(24)11-27-9-8-25-3)14-28-19(16)15-6-5-7-17(26-4)20(15)29-21/h5-7,16,19H,8-14H2,1-4H3/t16-,19+/m0/s1. The minimum Gasteiger partial charge on any atom is -0.493 e. The number of fused-ring (bicyclic) bond motifs is 3. The van der Waals surface area contributed by atoms with E-state index in [1.807, 2.05) is 17.0 Å². The van der Waals surface area contributed by atoms with Gasteiger partial charge < -0.3 is 28.6 Å². The van der Waals surface area contributed by atoms with Crippen molar-refractivity contribution in [3.05, 3.63) is 23.8 Å². The summed E-state index contributed by atoms with van der Waals surface area (Å²) in [4.78, 5) is 14.2. The first-order chi connectivity index (χ1) is 13.9. The number of hydrogen-bond acceptors (Lipinski definition) is 6. The highest BCUT2D eigenvalue weighted by Gasteiger charge is 2.56. The van der Waals surface area contributed by atoms with Crippen LogP contribution in [0.25, 0.3) is 0 Å². The van der Waals surface area contributed by atoms with E-state index in [-0.39, 0.29) is 35.6 Å². The summed E-state index contributed by atoms with van der Waals surface area (Å²) in [7, 11) is 3.28. The van der Waals surface area contributed by atoms with E-state index >= 15 is 0 Å². The van der Waals surface area contributed by atoms with Gasteiger partial charge in [0.05, 0.1) is 33.0 Å². The van der Waals surface area contributed by atoms with E-state index in [9.17, 15) is 4.79 Å². The van der Waals surface area contributed by atoms with Gasteiger partial charge in [-0.2, -0.15) is 0 Å². The van der Waals surface area contributed by atoms with Crippen LogP contribution in [0, 0.1) is 11.3 Å². The molecule has 0 radical (unpaired) electrons. The zero-order valence-corrected chi connectivity index (χ0v) is 17.7. The van der Waals surface area contributed by atoms with E-state index in [4.69, 9.17) is 23.7 Å². The Balaban J connectivity index is 1.42. The van der Waals surface area contributed by atoms with Gasteiger partial charge in [0, 0.05) is 37.1 Å². The van der Waals surface area contributed by atoms with Crippen LogP contribution < -0.4 is 9.47 Å². The molecule has 1 aromatic rings. The number of ether oxygens (including phenoxy) is 5. The first-order valence-electron chi connectivity index (χ1n) is 10.2. The number of carbonyl (C=O) groups excluding carboxylic acids is 1. The third-order valence-corrected chi connectivity index (χ3v) is 6.44. The number of amides is 1. The van der Waals surface area contributed by atoms with Crippen LogP contribution in [-0.2, 0) is 19.0 Å². The van der Waals surface area contributed by atoms with Gasteiger partial charge in [0.2, 0.25) is 5.91 Å². The Kier molecular flexibility index (Phi) is 5.48. The van der Waals surface area contributed by atoms with E-state index in [1.165, 1.54) is 0 Å². The summed E-state index contributed by atoms with van der Waals surface area (Å²) in [6.45, 7) is 7.34. The van der Waals surface area contributed by atoms with Gasteiger partial charge in [-0.15, -0.1) is 0 Å². The maximum atomic E-state index is 12.3. The summed E-state index contributed by atoms with van der Waals surface area (Å²) in [5.41, 5.74) is 0.677. The number of methoxy groups -OCH3 is 2. The van der Waals surface area contributed by atoms with E-state index in [2.05, 4.69) is 19.9 Å². The molecule has 1 aromatic carbocycles. The fraction of sp³-hybridized carbons (Fsp3) is 0.682. The Morgan fingerprint density at radius 2 is 2.03 bits per heavy atom. The van der Waals surface area contributed by atoms with Crippen LogP contribution in [0.1, 0.15) is 31.9 Å². The molecule has 160 valence electrons. The number of likely N-dealkylation sites (tertiary alicyclic amines) is 1. The molecule has 2 atom stereocenters. The van der Waals surface area contributed by atoms with E-state index in [0.717, 1.165) is 23.5 Å². The van der Waals surface area contributed by atoms with Crippen LogP contribution in [-0.4, -0.2) is 70.1 Å². The smallest absolute Gasteiger partial charge is 0.248 e. The molecule has 3 aliphatic heterocycles. The van der Waals surface area contributed by atoms with Crippen molar-refractivity contribution in [2.24, 2.45) is 11.3 Å². The Bertz CT molecular complexity index is 758. The average Bonchev–Trinajstić information content (AvgIpc) is 2.68. The zero-order chi connectivity index (χ0) is 20.6. The van der Waals surface area contributed by atoms with Crippen LogP contribution in [0.5, 0.6) is 11.5 Å². The fourth-order valence-electron chi connectivity index (χ4n) is 4.85. The molecule has 0 unspecified atom stereocenters. The monoisotopic (exact) mass is 405 g/mol. The van der Waals surface area contributed by atoms with Crippen LogP contribution in [0.3, 0.4) is 0 Å². The summed E-state index contributed by atoms with van der Waals surface area (Å²) in [5, 5.41) is 0. The molecule has 0 saturated carbocycles. The number of carbonyl (C=O) groups is 1. The highest BCUT2D eigenvalue weighted by atomic mass is 16.5. The molecule has 29 heavy (non-hydrogen) atoms. The van der Waals surface area contributed by atoms with Crippen molar-refractivity contribution >= 4 is 5.91 Å². The van der Waals surface area contributed by atoms with Gasteiger partial charge >= 0.3 is 0 Å². The Labute approximate surface area is 172 Å². The lowest BCUT2D eigenvalue weighted by molar-refractivity contribution is -0.202. The van der Waals surface area contributed by atoms with Crippen molar-refractivity contribution in [1.29, 1.82) is 0 Å². The molecule has 3 heterocycles. The number of rotatable bonds is 6. The highest BCUT2D eigenvalue weighted by Crippen LogP contribution is 2.56. The number of nitrogens with zero attached hydrogens (tertiary/aromatic N) is 1. The zero-order valence-electron chi connectivity index (χ0n) is 17.7. The molecule has 2 fully saturated rings. The summed E-state index contributed by atoms with van der Waals surface area (Å²) < 4.78 is 28.6. The molecular formula is C22H31NO6.